The molecule has 11 heteroatoms. The third-order valence-electron chi connectivity index (χ3n) is 4.78. The Balaban J connectivity index is 1.79. The number of nitrogens with one attached hydrogen (secondary N) is 2. The number of benzene rings is 1. The van der Waals surface area contributed by atoms with E-state index in [2.05, 4.69) is 15.6 Å². The predicted octanol–water partition coefficient (Wildman–Crippen LogP) is 2.16. The van der Waals surface area contributed by atoms with Crippen molar-refractivity contribution in [3.8, 4) is 5.69 Å². The molecule has 1 aliphatic carbocycles. The van der Waals surface area contributed by atoms with Gasteiger partial charge in [0.05, 0.1) is 11.9 Å². The van der Waals surface area contributed by atoms with Gasteiger partial charge in [-0.05, 0) is 55.9 Å². The summed E-state index contributed by atoms with van der Waals surface area (Å²) in [5.41, 5.74) is 1.51. The molecule has 1 aliphatic rings. The molecule has 0 spiro atoms. The Bertz CT molecular complexity index is 925. The van der Waals surface area contributed by atoms with E-state index in [0.29, 0.717) is 30.5 Å². The van der Waals surface area contributed by atoms with Crippen LogP contribution in [0.4, 0.5) is 13.2 Å². The zero-order chi connectivity index (χ0) is 22.4. The summed E-state index contributed by atoms with van der Waals surface area (Å²) < 4.78 is 38.6. The highest BCUT2D eigenvalue weighted by Crippen LogP contribution is 2.21. The molecule has 8 nitrogen and oxygen atoms in total. The normalized spacial score (nSPS) is 13.8. The zero-order valence-corrected chi connectivity index (χ0v) is 16.8. The zero-order valence-electron chi connectivity index (χ0n) is 16.8. The Hall–Kier alpha value is -2.95. The van der Waals surface area contributed by atoms with Crippen LogP contribution in [0.3, 0.4) is 0 Å². The molecule has 2 aromatic rings. The molecule has 0 atom stereocenters. The van der Waals surface area contributed by atoms with Crippen LogP contribution in [0.25, 0.3) is 5.69 Å². The highest BCUT2D eigenvalue weighted by Gasteiger charge is 2.28. The van der Waals surface area contributed by atoms with Gasteiger partial charge in [-0.1, -0.05) is 11.6 Å². The minimum Gasteiger partial charge on any atom is -0.396 e. The van der Waals surface area contributed by atoms with E-state index in [4.69, 9.17) is 5.11 Å². The number of aryl methyl sites for hydroxylation is 1. The topological polar surface area (TPSA) is 109 Å². The van der Waals surface area contributed by atoms with Crippen LogP contribution < -0.4 is 10.6 Å². The van der Waals surface area contributed by atoms with Gasteiger partial charge >= 0.3 is 6.18 Å². The van der Waals surface area contributed by atoms with Gasteiger partial charge in [0.15, 0.2) is 5.69 Å². The fourth-order valence-corrected chi connectivity index (χ4v) is 3.01. The van der Waals surface area contributed by atoms with Crippen LogP contribution in [0.1, 0.15) is 58.5 Å². The van der Waals surface area contributed by atoms with E-state index in [0.717, 1.165) is 19.3 Å². The van der Waals surface area contributed by atoms with Crippen LogP contribution in [-0.4, -0.2) is 57.3 Å². The first kappa shape index (κ1) is 22.7. The molecule has 0 unspecified atom stereocenters. The molecule has 3 N–H and O–H groups in total. The highest BCUT2D eigenvalue weighted by molar-refractivity contribution is 5.95. The second-order valence-electron chi connectivity index (χ2n) is 7.47. The minimum atomic E-state index is -4.50. The third kappa shape index (κ3) is 6.78. The lowest BCUT2D eigenvalue weighted by Crippen LogP contribution is -2.33. The maximum absolute atomic E-state index is 12.4. The van der Waals surface area contributed by atoms with E-state index < -0.39 is 18.6 Å². The largest absolute Gasteiger partial charge is 0.405 e. The smallest absolute Gasteiger partial charge is 0.396 e. The quantitative estimate of drug-likeness (QED) is 0.492. The number of aliphatic hydroxyl groups excluding tert-OH is 1. The molecule has 1 aromatic heterocycles. The number of amides is 2. The molecule has 0 saturated heterocycles. The SMILES string of the molecule is O=C(NCC(F)(F)F)c1ccc(-n2cc(C(=O)NC3CC3)nn2)c(CCCCCO)c1. The van der Waals surface area contributed by atoms with E-state index in [1.165, 1.54) is 23.0 Å². The number of rotatable bonds is 10. The van der Waals surface area contributed by atoms with Crippen molar-refractivity contribution in [3.05, 3.63) is 41.2 Å². The van der Waals surface area contributed by atoms with Crippen molar-refractivity contribution in [2.45, 2.75) is 50.7 Å². The number of nitrogens with zero attached hydrogens (tertiary/aromatic N) is 3. The standard InChI is InChI=1S/C20H24F3N5O3/c21-20(22,23)12-24-18(30)14-5-8-17(13(10-14)4-2-1-3-9-29)28-11-16(26-27-28)19(31)25-15-6-7-15/h5,8,10-11,15,29H,1-4,6-7,9,12H2,(H,24,30)(H,25,31). The molecule has 168 valence electrons. The van der Waals surface area contributed by atoms with Crippen molar-refractivity contribution in [2.75, 3.05) is 13.2 Å². The first-order valence-corrected chi connectivity index (χ1v) is 10.1. The van der Waals surface area contributed by atoms with Gasteiger partial charge in [-0.15, -0.1) is 5.10 Å². The first-order chi connectivity index (χ1) is 14.8. The van der Waals surface area contributed by atoms with Crippen molar-refractivity contribution in [1.29, 1.82) is 0 Å². The Labute approximate surface area is 176 Å². The Morgan fingerprint density at radius 1 is 1.16 bits per heavy atom. The van der Waals surface area contributed by atoms with Crippen LogP contribution in [0.2, 0.25) is 0 Å². The lowest BCUT2D eigenvalue weighted by Gasteiger charge is -2.13. The molecular formula is C20H24F3N5O3. The van der Waals surface area contributed by atoms with Crippen molar-refractivity contribution >= 4 is 11.8 Å². The Kier molecular flexibility index (Phi) is 7.26. The fraction of sp³-hybridized carbons (Fsp3) is 0.500. The second-order valence-corrected chi connectivity index (χ2v) is 7.47. The molecule has 1 aromatic carbocycles. The molecule has 1 heterocycles. The molecule has 2 amide bonds. The van der Waals surface area contributed by atoms with Crippen LogP contribution >= 0.6 is 0 Å². The summed E-state index contributed by atoms with van der Waals surface area (Å²) >= 11 is 0. The second kappa shape index (κ2) is 9.90. The van der Waals surface area contributed by atoms with Gasteiger partial charge in [-0.3, -0.25) is 9.59 Å². The van der Waals surface area contributed by atoms with Gasteiger partial charge in [0.2, 0.25) is 0 Å². The number of hydrogen-bond donors (Lipinski definition) is 3. The summed E-state index contributed by atoms with van der Waals surface area (Å²) in [5, 5.41) is 21.5. The molecule has 1 saturated carbocycles. The third-order valence-corrected chi connectivity index (χ3v) is 4.78. The van der Waals surface area contributed by atoms with Crippen LogP contribution in [-0.2, 0) is 6.42 Å². The number of alkyl halides is 3. The van der Waals surface area contributed by atoms with Gasteiger partial charge in [0.25, 0.3) is 11.8 Å². The summed E-state index contributed by atoms with van der Waals surface area (Å²) in [6.07, 6.45) is 1.44. The molecule has 0 aliphatic heterocycles. The Morgan fingerprint density at radius 3 is 2.61 bits per heavy atom. The van der Waals surface area contributed by atoms with Gasteiger partial charge in [-0.25, -0.2) is 4.68 Å². The average Bonchev–Trinajstić information content (AvgIpc) is 3.40. The molecule has 3 rings (SSSR count). The van der Waals surface area contributed by atoms with Gasteiger partial charge < -0.3 is 15.7 Å². The van der Waals surface area contributed by atoms with E-state index >= 15 is 0 Å². The number of halogens is 3. The van der Waals surface area contributed by atoms with E-state index in [-0.39, 0.29) is 29.8 Å². The molecule has 31 heavy (non-hydrogen) atoms. The van der Waals surface area contributed by atoms with Crippen molar-refractivity contribution in [3.63, 3.8) is 0 Å². The molecular weight excluding hydrogens is 415 g/mol. The maximum atomic E-state index is 12.4. The van der Waals surface area contributed by atoms with Crippen LogP contribution in [0, 0.1) is 0 Å². The minimum absolute atomic E-state index is 0.0648. The number of unbranched alkanes of at least 4 members (excludes halogenated alkanes) is 2. The first-order valence-electron chi connectivity index (χ1n) is 10.1. The Morgan fingerprint density at radius 2 is 1.94 bits per heavy atom. The molecule has 0 radical (unpaired) electrons. The van der Waals surface area contributed by atoms with E-state index in [9.17, 15) is 22.8 Å². The number of hydrogen-bond acceptors (Lipinski definition) is 5. The summed E-state index contributed by atoms with van der Waals surface area (Å²) in [4.78, 5) is 24.3. The summed E-state index contributed by atoms with van der Waals surface area (Å²) in [6.45, 7) is -1.35. The van der Waals surface area contributed by atoms with Crippen molar-refractivity contribution in [1.82, 2.24) is 25.6 Å². The number of aliphatic hydroxyl groups is 1. The van der Waals surface area contributed by atoms with Crippen molar-refractivity contribution < 1.29 is 27.9 Å². The number of carbonyl (C=O) groups is 2. The summed E-state index contributed by atoms with van der Waals surface area (Å²) in [7, 11) is 0. The lowest BCUT2D eigenvalue weighted by atomic mass is 10.0. The van der Waals surface area contributed by atoms with Gasteiger partial charge in [-0.2, -0.15) is 13.2 Å². The maximum Gasteiger partial charge on any atom is 0.405 e. The predicted molar refractivity (Wildman–Crippen MR) is 105 cm³/mol. The lowest BCUT2D eigenvalue weighted by molar-refractivity contribution is -0.123. The summed E-state index contributed by atoms with van der Waals surface area (Å²) in [5.74, 6) is -1.15. The van der Waals surface area contributed by atoms with Gasteiger partial charge in [0, 0.05) is 18.2 Å². The van der Waals surface area contributed by atoms with Crippen LogP contribution in [0.15, 0.2) is 24.4 Å². The summed E-state index contributed by atoms with van der Waals surface area (Å²) in [6, 6.07) is 4.67. The molecule has 0 bridgehead atoms. The number of carbonyl (C=O) groups excluding carboxylic acids is 2. The number of aromatic nitrogens is 3. The van der Waals surface area contributed by atoms with Crippen molar-refractivity contribution in [2.24, 2.45) is 0 Å². The average molecular weight is 439 g/mol. The molecule has 1 fully saturated rings. The fourth-order valence-electron chi connectivity index (χ4n) is 3.01. The van der Waals surface area contributed by atoms with E-state index in [1.807, 2.05) is 5.32 Å². The monoisotopic (exact) mass is 439 g/mol. The highest BCUT2D eigenvalue weighted by atomic mass is 19.4. The van der Waals surface area contributed by atoms with Gasteiger partial charge in [0.1, 0.15) is 6.54 Å². The van der Waals surface area contributed by atoms with E-state index in [1.54, 1.807) is 6.07 Å². The van der Waals surface area contributed by atoms with Crippen LogP contribution in [0.5, 0.6) is 0 Å².